The molecule has 0 spiro atoms. The van der Waals surface area contributed by atoms with Crippen LogP contribution in [0.2, 0.25) is 0 Å². The molecule has 0 radical (unpaired) electrons. The summed E-state index contributed by atoms with van der Waals surface area (Å²) in [6.45, 7) is 10.2. The van der Waals surface area contributed by atoms with Gasteiger partial charge in [-0.1, -0.05) is 6.92 Å². The summed E-state index contributed by atoms with van der Waals surface area (Å²) in [5, 5.41) is 6.17. The molecule has 2 N–H and O–H groups in total. The van der Waals surface area contributed by atoms with Crippen molar-refractivity contribution in [2.45, 2.75) is 13.0 Å². The van der Waals surface area contributed by atoms with Gasteiger partial charge in [0.25, 0.3) is 0 Å². The summed E-state index contributed by atoms with van der Waals surface area (Å²) in [6, 6.07) is 0.0582. The predicted octanol–water partition coefficient (Wildman–Crippen LogP) is -0.678. The van der Waals surface area contributed by atoms with Gasteiger partial charge in [-0.15, -0.1) is 0 Å². The van der Waals surface area contributed by atoms with Crippen LogP contribution in [-0.2, 0) is 4.74 Å². The Labute approximate surface area is 109 Å². The average Bonchev–Trinajstić information content (AvgIpc) is 2.81. The maximum absolute atomic E-state index is 11.3. The van der Waals surface area contributed by atoms with Crippen molar-refractivity contribution in [2.75, 3.05) is 59.0 Å². The van der Waals surface area contributed by atoms with Crippen molar-refractivity contribution in [3.63, 3.8) is 0 Å². The van der Waals surface area contributed by atoms with Crippen molar-refractivity contribution in [1.29, 1.82) is 0 Å². The van der Waals surface area contributed by atoms with Gasteiger partial charge in [0.2, 0.25) is 0 Å². The van der Waals surface area contributed by atoms with E-state index in [4.69, 9.17) is 4.74 Å². The minimum atomic E-state index is 0.0582. The van der Waals surface area contributed by atoms with Gasteiger partial charge in [-0.2, -0.15) is 0 Å². The van der Waals surface area contributed by atoms with E-state index in [1.54, 1.807) is 0 Å². The lowest BCUT2D eigenvalue weighted by Gasteiger charge is -2.32. The summed E-state index contributed by atoms with van der Waals surface area (Å²) in [4.78, 5) is 15.6. The summed E-state index contributed by atoms with van der Waals surface area (Å²) in [5.74, 6) is 0. The fourth-order valence-electron chi connectivity index (χ4n) is 2.39. The normalized spacial score (nSPS) is 25.5. The third-order valence-electron chi connectivity index (χ3n) is 3.55. The molecule has 104 valence electrons. The highest BCUT2D eigenvalue weighted by Crippen LogP contribution is 2.03. The number of likely N-dealkylation sites (N-methyl/N-ethyl adjacent to an activating group) is 1. The van der Waals surface area contributed by atoms with E-state index in [1.165, 1.54) is 0 Å². The van der Waals surface area contributed by atoms with E-state index in [9.17, 15) is 4.79 Å². The van der Waals surface area contributed by atoms with Gasteiger partial charge in [-0.05, 0) is 6.54 Å². The van der Waals surface area contributed by atoms with Gasteiger partial charge < -0.3 is 20.3 Å². The third-order valence-corrected chi connectivity index (χ3v) is 3.55. The fourth-order valence-corrected chi connectivity index (χ4v) is 2.39. The number of carbonyl (C=O) groups excluding carboxylic acids is 1. The Morgan fingerprint density at radius 3 is 3.11 bits per heavy atom. The van der Waals surface area contributed by atoms with E-state index in [2.05, 4.69) is 22.5 Å². The minimum absolute atomic E-state index is 0.0582. The van der Waals surface area contributed by atoms with Crippen LogP contribution in [0.5, 0.6) is 0 Å². The van der Waals surface area contributed by atoms with Crippen molar-refractivity contribution < 1.29 is 9.53 Å². The number of rotatable bonds is 6. The molecule has 1 unspecified atom stereocenters. The Morgan fingerprint density at radius 2 is 2.39 bits per heavy atom. The van der Waals surface area contributed by atoms with Crippen LogP contribution in [0, 0.1) is 0 Å². The molecule has 2 amide bonds. The zero-order valence-electron chi connectivity index (χ0n) is 11.2. The van der Waals surface area contributed by atoms with E-state index in [0.29, 0.717) is 0 Å². The highest BCUT2D eigenvalue weighted by molar-refractivity contribution is 5.76. The molecule has 2 aliphatic heterocycles. The van der Waals surface area contributed by atoms with E-state index >= 15 is 0 Å². The molecule has 0 aromatic heterocycles. The monoisotopic (exact) mass is 256 g/mol. The molecule has 2 fully saturated rings. The molecule has 6 heteroatoms. The zero-order chi connectivity index (χ0) is 12.8. The number of hydrogen-bond acceptors (Lipinski definition) is 4. The highest BCUT2D eigenvalue weighted by atomic mass is 16.5. The summed E-state index contributed by atoms with van der Waals surface area (Å²) in [5.41, 5.74) is 0. The van der Waals surface area contributed by atoms with Gasteiger partial charge in [-0.25, -0.2) is 4.79 Å². The molecule has 2 heterocycles. The number of ether oxygens (including phenoxy) is 1. The first-order chi connectivity index (χ1) is 8.79. The van der Waals surface area contributed by atoms with Crippen molar-refractivity contribution in [1.82, 2.24) is 20.4 Å². The number of hydrogen-bond donors (Lipinski definition) is 2. The lowest BCUT2D eigenvalue weighted by molar-refractivity contribution is -0.0252. The summed E-state index contributed by atoms with van der Waals surface area (Å²) in [6.07, 6.45) is 0.283. The Bertz CT molecular complexity index is 275. The topological polar surface area (TPSA) is 56.8 Å². The molecule has 0 bridgehead atoms. The minimum Gasteiger partial charge on any atom is -0.374 e. The van der Waals surface area contributed by atoms with Gasteiger partial charge in [0.1, 0.15) is 0 Å². The number of carbonyl (C=O) groups is 1. The lowest BCUT2D eigenvalue weighted by Crippen LogP contribution is -2.47. The first-order valence-corrected chi connectivity index (χ1v) is 6.87. The van der Waals surface area contributed by atoms with Crippen LogP contribution in [0.1, 0.15) is 6.92 Å². The molecule has 0 aromatic carbocycles. The van der Waals surface area contributed by atoms with Gasteiger partial charge >= 0.3 is 6.03 Å². The molecule has 2 saturated heterocycles. The van der Waals surface area contributed by atoms with Crippen molar-refractivity contribution >= 4 is 6.03 Å². The van der Waals surface area contributed by atoms with Crippen LogP contribution in [0.3, 0.4) is 0 Å². The van der Waals surface area contributed by atoms with E-state index < -0.39 is 0 Å². The van der Waals surface area contributed by atoms with Gasteiger partial charge in [0.05, 0.1) is 12.7 Å². The van der Waals surface area contributed by atoms with Crippen LogP contribution in [0.25, 0.3) is 0 Å². The van der Waals surface area contributed by atoms with Gasteiger partial charge in [-0.3, -0.25) is 4.90 Å². The quantitative estimate of drug-likeness (QED) is 0.618. The molecule has 0 aliphatic carbocycles. The van der Waals surface area contributed by atoms with Crippen LogP contribution >= 0.6 is 0 Å². The molecule has 6 nitrogen and oxygen atoms in total. The summed E-state index contributed by atoms with van der Waals surface area (Å²) < 4.78 is 5.71. The first-order valence-electron chi connectivity index (χ1n) is 6.87. The Balaban J connectivity index is 1.56. The molecule has 1 atom stereocenters. The van der Waals surface area contributed by atoms with Crippen molar-refractivity contribution in [3.05, 3.63) is 0 Å². The Kier molecular flexibility index (Phi) is 5.22. The molecule has 2 rings (SSSR count). The second-order valence-corrected chi connectivity index (χ2v) is 4.81. The van der Waals surface area contributed by atoms with Crippen LogP contribution < -0.4 is 10.6 Å². The zero-order valence-corrected chi connectivity index (χ0v) is 11.2. The molecular weight excluding hydrogens is 232 g/mol. The number of nitrogens with zero attached hydrogens (tertiary/aromatic N) is 2. The molecular formula is C12H24N4O2. The second-order valence-electron chi connectivity index (χ2n) is 4.81. The van der Waals surface area contributed by atoms with Crippen LogP contribution in [0.4, 0.5) is 4.79 Å². The van der Waals surface area contributed by atoms with Crippen LogP contribution in [-0.4, -0.2) is 80.9 Å². The third kappa shape index (κ3) is 3.83. The Hall–Kier alpha value is -0.850. The Morgan fingerprint density at radius 1 is 1.50 bits per heavy atom. The lowest BCUT2D eigenvalue weighted by atomic mass is 10.2. The number of urea groups is 1. The van der Waals surface area contributed by atoms with Gasteiger partial charge in [0, 0.05) is 45.8 Å². The van der Waals surface area contributed by atoms with E-state index in [-0.39, 0.29) is 12.1 Å². The SMILES string of the molecule is CCN1CCOC(CNCCN2CCNC2=O)C1. The number of morpholine rings is 1. The fraction of sp³-hybridized carbons (Fsp3) is 0.917. The average molecular weight is 256 g/mol. The second kappa shape index (κ2) is 6.92. The number of amides is 2. The number of nitrogens with one attached hydrogen (secondary N) is 2. The summed E-state index contributed by atoms with van der Waals surface area (Å²) >= 11 is 0. The first kappa shape index (κ1) is 13.6. The van der Waals surface area contributed by atoms with Gasteiger partial charge in [0.15, 0.2) is 0 Å². The predicted molar refractivity (Wildman–Crippen MR) is 69.7 cm³/mol. The molecule has 18 heavy (non-hydrogen) atoms. The molecule has 0 saturated carbocycles. The standard InChI is InChI=1S/C12H24N4O2/c1-2-15-7-8-18-11(10-15)9-13-3-5-16-6-4-14-12(16)17/h11,13H,2-10H2,1H3,(H,14,17). The molecule has 0 aromatic rings. The van der Waals surface area contributed by atoms with Crippen molar-refractivity contribution in [3.8, 4) is 0 Å². The molecule has 2 aliphatic rings. The maximum Gasteiger partial charge on any atom is 0.317 e. The van der Waals surface area contributed by atoms with Crippen molar-refractivity contribution in [2.24, 2.45) is 0 Å². The van der Waals surface area contributed by atoms with E-state index in [1.807, 2.05) is 4.90 Å². The van der Waals surface area contributed by atoms with E-state index in [0.717, 1.165) is 59.0 Å². The highest BCUT2D eigenvalue weighted by Gasteiger charge is 2.20. The van der Waals surface area contributed by atoms with Crippen LogP contribution in [0.15, 0.2) is 0 Å². The maximum atomic E-state index is 11.3. The smallest absolute Gasteiger partial charge is 0.317 e. The largest absolute Gasteiger partial charge is 0.374 e. The summed E-state index contributed by atoms with van der Waals surface area (Å²) in [7, 11) is 0.